The van der Waals surface area contributed by atoms with Gasteiger partial charge in [0.25, 0.3) is 0 Å². The molecule has 1 N–H and O–H groups in total. The van der Waals surface area contributed by atoms with E-state index in [0.29, 0.717) is 36.3 Å². The number of hydrogen-bond donors (Lipinski definition) is 1. The summed E-state index contributed by atoms with van der Waals surface area (Å²) in [7, 11) is -3.24. The highest BCUT2D eigenvalue weighted by atomic mass is 32.2. The lowest BCUT2D eigenvalue weighted by Crippen LogP contribution is -2.26. The van der Waals surface area contributed by atoms with Gasteiger partial charge in [0.15, 0.2) is 0 Å². The molecule has 27 heavy (non-hydrogen) atoms. The summed E-state index contributed by atoms with van der Waals surface area (Å²) >= 11 is 0. The SMILES string of the molecule is Cc1cc(NC(=O)C(C)Cc2ccccc2F)ccc1N1CCCS1(=O)=O. The number of sulfonamides is 1. The molecule has 1 atom stereocenters. The van der Waals surface area contributed by atoms with Gasteiger partial charge in [-0.25, -0.2) is 12.8 Å². The van der Waals surface area contributed by atoms with Crippen LogP contribution in [0.2, 0.25) is 0 Å². The monoisotopic (exact) mass is 390 g/mol. The van der Waals surface area contributed by atoms with E-state index in [2.05, 4.69) is 5.32 Å². The molecule has 0 spiro atoms. The molecule has 1 aliphatic rings. The maximum Gasteiger partial charge on any atom is 0.235 e. The number of rotatable bonds is 5. The molecule has 1 unspecified atom stereocenters. The highest BCUT2D eigenvalue weighted by molar-refractivity contribution is 7.93. The van der Waals surface area contributed by atoms with Crippen molar-refractivity contribution in [3.8, 4) is 0 Å². The topological polar surface area (TPSA) is 66.5 Å². The third-order valence-electron chi connectivity index (χ3n) is 4.76. The Balaban J connectivity index is 1.69. The van der Waals surface area contributed by atoms with Gasteiger partial charge in [-0.05, 0) is 55.2 Å². The number of benzene rings is 2. The summed E-state index contributed by atoms with van der Waals surface area (Å²) in [6, 6.07) is 11.6. The molecule has 1 aliphatic heterocycles. The zero-order valence-electron chi connectivity index (χ0n) is 15.4. The fourth-order valence-corrected chi connectivity index (χ4v) is 4.90. The van der Waals surface area contributed by atoms with Crippen molar-refractivity contribution in [1.82, 2.24) is 0 Å². The Hall–Kier alpha value is -2.41. The number of hydrogen-bond acceptors (Lipinski definition) is 3. The molecule has 5 nitrogen and oxygen atoms in total. The molecule has 0 aromatic heterocycles. The van der Waals surface area contributed by atoms with Crippen molar-refractivity contribution in [2.75, 3.05) is 21.9 Å². The summed E-state index contributed by atoms with van der Waals surface area (Å²) in [5, 5.41) is 2.83. The van der Waals surface area contributed by atoms with E-state index >= 15 is 0 Å². The minimum absolute atomic E-state index is 0.165. The molecule has 0 aliphatic carbocycles. The lowest BCUT2D eigenvalue weighted by molar-refractivity contribution is -0.119. The minimum Gasteiger partial charge on any atom is -0.326 e. The van der Waals surface area contributed by atoms with E-state index in [-0.39, 0.29) is 17.5 Å². The standard InChI is InChI=1S/C20H23FN2O3S/c1-14-13-17(8-9-19(14)23-10-5-11-27(23,25)26)22-20(24)15(2)12-16-6-3-4-7-18(16)21/h3-4,6-9,13,15H,5,10-12H2,1-2H3,(H,22,24). The molecule has 1 saturated heterocycles. The van der Waals surface area contributed by atoms with Gasteiger partial charge in [-0.1, -0.05) is 25.1 Å². The van der Waals surface area contributed by atoms with Gasteiger partial charge in [-0.2, -0.15) is 0 Å². The van der Waals surface area contributed by atoms with Crippen LogP contribution in [0.4, 0.5) is 15.8 Å². The first-order valence-electron chi connectivity index (χ1n) is 8.93. The Morgan fingerprint density at radius 1 is 1.26 bits per heavy atom. The average molecular weight is 390 g/mol. The second-order valence-corrected chi connectivity index (χ2v) is 8.94. The molecule has 0 radical (unpaired) electrons. The zero-order valence-corrected chi connectivity index (χ0v) is 16.2. The molecule has 2 aromatic carbocycles. The van der Waals surface area contributed by atoms with Crippen LogP contribution in [0.3, 0.4) is 0 Å². The molecule has 1 amide bonds. The molecule has 1 heterocycles. The van der Waals surface area contributed by atoms with Gasteiger partial charge in [0.05, 0.1) is 11.4 Å². The normalized spacial score (nSPS) is 16.9. The number of halogens is 1. The van der Waals surface area contributed by atoms with Crippen molar-refractivity contribution in [3.05, 3.63) is 59.4 Å². The van der Waals surface area contributed by atoms with Crippen LogP contribution < -0.4 is 9.62 Å². The van der Waals surface area contributed by atoms with Crippen LogP contribution >= 0.6 is 0 Å². The molecule has 3 rings (SSSR count). The maximum absolute atomic E-state index is 13.8. The van der Waals surface area contributed by atoms with Crippen molar-refractivity contribution in [1.29, 1.82) is 0 Å². The third-order valence-corrected chi connectivity index (χ3v) is 6.62. The lowest BCUT2D eigenvalue weighted by Gasteiger charge is -2.20. The van der Waals surface area contributed by atoms with E-state index in [1.165, 1.54) is 10.4 Å². The summed E-state index contributed by atoms with van der Waals surface area (Å²) in [6.45, 7) is 4.05. The van der Waals surface area contributed by atoms with Crippen LogP contribution in [0.5, 0.6) is 0 Å². The number of amides is 1. The van der Waals surface area contributed by atoms with Crippen LogP contribution in [0.15, 0.2) is 42.5 Å². The Labute approximate surface area is 159 Å². The molecular formula is C20H23FN2O3S. The highest BCUT2D eigenvalue weighted by Crippen LogP contribution is 2.29. The van der Waals surface area contributed by atoms with Gasteiger partial charge in [0.2, 0.25) is 15.9 Å². The van der Waals surface area contributed by atoms with Crippen molar-refractivity contribution in [2.45, 2.75) is 26.7 Å². The second-order valence-electron chi connectivity index (χ2n) is 6.93. The van der Waals surface area contributed by atoms with E-state index in [1.807, 2.05) is 6.92 Å². The fourth-order valence-electron chi connectivity index (χ4n) is 3.28. The first-order valence-corrected chi connectivity index (χ1v) is 10.5. The third kappa shape index (κ3) is 4.30. The van der Waals surface area contributed by atoms with Gasteiger partial charge in [-0.15, -0.1) is 0 Å². The van der Waals surface area contributed by atoms with Crippen LogP contribution in [-0.4, -0.2) is 26.6 Å². The van der Waals surface area contributed by atoms with Crippen molar-refractivity contribution in [3.63, 3.8) is 0 Å². The predicted octanol–water partition coefficient (Wildman–Crippen LogP) is 3.49. The first-order chi connectivity index (χ1) is 12.8. The van der Waals surface area contributed by atoms with E-state index < -0.39 is 15.9 Å². The quantitative estimate of drug-likeness (QED) is 0.850. The molecule has 1 fully saturated rings. The van der Waals surface area contributed by atoms with Gasteiger partial charge in [0.1, 0.15) is 5.82 Å². The van der Waals surface area contributed by atoms with Crippen LogP contribution in [-0.2, 0) is 21.2 Å². The van der Waals surface area contributed by atoms with E-state index in [4.69, 9.17) is 0 Å². The second kappa shape index (κ2) is 7.68. The van der Waals surface area contributed by atoms with Gasteiger partial charge in [0, 0.05) is 18.2 Å². The van der Waals surface area contributed by atoms with Gasteiger partial charge < -0.3 is 5.32 Å². The Morgan fingerprint density at radius 2 is 2.00 bits per heavy atom. The molecule has 7 heteroatoms. The first kappa shape index (κ1) is 19.4. The molecule has 0 saturated carbocycles. The van der Waals surface area contributed by atoms with Gasteiger partial charge in [-0.3, -0.25) is 9.10 Å². The average Bonchev–Trinajstić information content (AvgIpc) is 2.96. The number of aryl methyl sites for hydroxylation is 1. The molecular weight excluding hydrogens is 367 g/mol. The van der Waals surface area contributed by atoms with E-state index in [1.54, 1.807) is 43.3 Å². The largest absolute Gasteiger partial charge is 0.326 e. The summed E-state index contributed by atoms with van der Waals surface area (Å²) in [6.07, 6.45) is 0.926. The van der Waals surface area contributed by atoms with Crippen molar-refractivity contribution in [2.24, 2.45) is 5.92 Å². The van der Waals surface area contributed by atoms with Gasteiger partial charge >= 0.3 is 0 Å². The van der Waals surface area contributed by atoms with Crippen LogP contribution in [0, 0.1) is 18.7 Å². The zero-order chi connectivity index (χ0) is 19.6. The minimum atomic E-state index is -3.24. The highest BCUT2D eigenvalue weighted by Gasteiger charge is 2.29. The number of anilines is 2. The van der Waals surface area contributed by atoms with E-state index in [9.17, 15) is 17.6 Å². The summed E-state index contributed by atoms with van der Waals surface area (Å²) in [5.74, 6) is -0.761. The molecule has 144 valence electrons. The van der Waals surface area contributed by atoms with Crippen molar-refractivity contribution >= 4 is 27.3 Å². The molecule has 0 bridgehead atoms. The molecule has 2 aromatic rings. The summed E-state index contributed by atoms with van der Waals surface area (Å²) in [4.78, 5) is 12.4. The van der Waals surface area contributed by atoms with Crippen LogP contribution in [0.1, 0.15) is 24.5 Å². The lowest BCUT2D eigenvalue weighted by atomic mass is 10.00. The summed E-state index contributed by atoms with van der Waals surface area (Å²) < 4.78 is 39.4. The fraction of sp³-hybridized carbons (Fsp3) is 0.350. The van der Waals surface area contributed by atoms with Crippen LogP contribution in [0.25, 0.3) is 0 Å². The van der Waals surface area contributed by atoms with Crippen molar-refractivity contribution < 1.29 is 17.6 Å². The maximum atomic E-state index is 13.8. The Morgan fingerprint density at radius 3 is 2.63 bits per heavy atom. The summed E-state index contributed by atoms with van der Waals surface area (Å²) in [5.41, 5.74) is 2.52. The number of nitrogens with one attached hydrogen (secondary N) is 1. The number of carbonyl (C=O) groups is 1. The number of nitrogens with zero attached hydrogens (tertiary/aromatic N) is 1. The number of carbonyl (C=O) groups excluding carboxylic acids is 1. The predicted molar refractivity (Wildman–Crippen MR) is 105 cm³/mol. The Bertz CT molecular complexity index is 959. The Kier molecular flexibility index (Phi) is 5.51. The van der Waals surface area contributed by atoms with E-state index in [0.717, 1.165) is 5.56 Å². The smallest absolute Gasteiger partial charge is 0.235 e.